The predicted octanol–water partition coefficient (Wildman–Crippen LogP) is 2.28. The van der Waals surface area contributed by atoms with Gasteiger partial charge >= 0.3 is 11.9 Å². The lowest BCUT2D eigenvalue weighted by Crippen LogP contribution is -2.47. The molecule has 2 aromatic carbocycles. The van der Waals surface area contributed by atoms with Crippen LogP contribution in [0.5, 0.6) is 5.75 Å². The highest BCUT2D eigenvalue weighted by molar-refractivity contribution is 14.1. The highest BCUT2D eigenvalue weighted by Crippen LogP contribution is 2.35. The molecule has 5 nitrogen and oxygen atoms in total. The van der Waals surface area contributed by atoms with Crippen LogP contribution in [0.2, 0.25) is 0 Å². The molecule has 2 aromatic rings. The number of aliphatic carboxylic acids is 1. The van der Waals surface area contributed by atoms with Crippen LogP contribution in [0.15, 0.2) is 48.5 Å². The van der Waals surface area contributed by atoms with Gasteiger partial charge in [-0.3, -0.25) is 0 Å². The molecule has 0 spiro atoms. The predicted molar refractivity (Wildman–Crippen MR) is 85.4 cm³/mol. The van der Waals surface area contributed by atoms with Crippen LogP contribution < -0.4 is 5.11 Å². The minimum absolute atomic E-state index is 0.217. The van der Waals surface area contributed by atoms with Gasteiger partial charge < -0.3 is 19.7 Å². The van der Waals surface area contributed by atoms with E-state index in [1.54, 1.807) is 0 Å². The SMILES string of the molecule is O=C(OC(c1ccccc1)C(F)(F)C(=O)[O-])c1cc(I)ccc1O. The van der Waals surface area contributed by atoms with E-state index in [0.717, 1.165) is 0 Å². The lowest BCUT2D eigenvalue weighted by molar-refractivity contribution is -0.336. The van der Waals surface area contributed by atoms with Crippen LogP contribution in [-0.4, -0.2) is 23.0 Å². The van der Waals surface area contributed by atoms with Gasteiger partial charge in [0.2, 0.25) is 0 Å². The molecule has 0 amide bonds. The Morgan fingerprint density at radius 1 is 1.17 bits per heavy atom. The molecule has 0 aliphatic heterocycles. The zero-order valence-corrected chi connectivity index (χ0v) is 14.1. The number of alkyl halides is 2. The van der Waals surface area contributed by atoms with Crippen LogP contribution in [0.3, 0.4) is 0 Å². The number of halogens is 3. The van der Waals surface area contributed by atoms with E-state index in [0.29, 0.717) is 3.57 Å². The summed E-state index contributed by atoms with van der Waals surface area (Å²) in [5, 5.41) is 20.5. The summed E-state index contributed by atoms with van der Waals surface area (Å²) >= 11 is 1.86. The van der Waals surface area contributed by atoms with Gasteiger partial charge in [0.1, 0.15) is 17.3 Å². The zero-order valence-electron chi connectivity index (χ0n) is 11.9. The Bertz CT molecular complexity index is 764. The largest absolute Gasteiger partial charge is 0.544 e. The van der Waals surface area contributed by atoms with Gasteiger partial charge in [-0.15, -0.1) is 0 Å². The Balaban J connectivity index is 2.41. The highest BCUT2D eigenvalue weighted by atomic mass is 127. The van der Waals surface area contributed by atoms with E-state index < -0.39 is 29.7 Å². The lowest BCUT2D eigenvalue weighted by Gasteiger charge is -2.27. The maximum absolute atomic E-state index is 13.9. The Labute approximate surface area is 149 Å². The molecule has 0 bridgehead atoms. The third kappa shape index (κ3) is 3.81. The molecule has 0 heterocycles. The molecule has 0 radical (unpaired) electrons. The summed E-state index contributed by atoms with van der Waals surface area (Å²) in [6.07, 6.45) is -2.39. The van der Waals surface area contributed by atoms with Gasteiger partial charge in [0.15, 0.2) is 6.10 Å². The number of carbonyl (C=O) groups is 2. The molecular formula is C16H10F2IO5-. The number of carboxylic acids is 1. The van der Waals surface area contributed by atoms with E-state index in [4.69, 9.17) is 4.74 Å². The minimum atomic E-state index is -4.45. The number of aromatic hydroxyl groups is 1. The number of carboxylic acid groups (broad SMARTS) is 1. The maximum Gasteiger partial charge on any atom is 0.342 e. The molecule has 1 N–H and O–H groups in total. The monoisotopic (exact) mass is 447 g/mol. The average Bonchev–Trinajstić information content (AvgIpc) is 2.55. The molecular weight excluding hydrogens is 437 g/mol. The second-order valence-electron chi connectivity index (χ2n) is 4.77. The van der Waals surface area contributed by atoms with Gasteiger partial charge in [0, 0.05) is 3.57 Å². The maximum atomic E-state index is 13.9. The fourth-order valence-corrected chi connectivity index (χ4v) is 2.42. The first-order valence-electron chi connectivity index (χ1n) is 6.57. The molecule has 126 valence electrons. The van der Waals surface area contributed by atoms with Crippen LogP contribution in [0.1, 0.15) is 22.0 Å². The Hall–Kier alpha value is -2.23. The Kier molecular flexibility index (Phi) is 5.37. The van der Waals surface area contributed by atoms with Gasteiger partial charge in [-0.05, 0) is 46.4 Å². The third-order valence-electron chi connectivity index (χ3n) is 3.11. The number of hydrogen-bond donors (Lipinski definition) is 1. The van der Waals surface area contributed by atoms with E-state index >= 15 is 0 Å². The fraction of sp³-hybridized carbons (Fsp3) is 0.125. The smallest absolute Gasteiger partial charge is 0.342 e. The highest BCUT2D eigenvalue weighted by Gasteiger charge is 2.45. The van der Waals surface area contributed by atoms with Crippen molar-refractivity contribution in [2.75, 3.05) is 0 Å². The average molecular weight is 447 g/mol. The topological polar surface area (TPSA) is 86.7 Å². The number of carbonyl (C=O) groups excluding carboxylic acids is 2. The van der Waals surface area contributed by atoms with Crippen LogP contribution in [0, 0.1) is 3.57 Å². The summed E-state index contributed by atoms with van der Waals surface area (Å²) in [7, 11) is 0. The van der Waals surface area contributed by atoms with E-state index in [1.807, 2.05) is 22.6 Å². The summed E-state index contributed by atoms with van der Waals surface area (Å²) in [4.78, 5) is 22.9. The third-order valence-corrected chi connectivity index (χ3v) is 3.78. The summed E-state index contributed by atoms with van der Waals surface area (Å²) in [5.41, 5.74) is -0.567. The molecule has 1 unspecified atom stereocenters. The number of phenols is 1. The first kappa shape index (κ1) is 18.1. The molecule has 0 fully saturated rings. The van der Waals surface area contributed by atoms with Crippen LogP contribution in [0.25, 0.3) is 0 Å². The molecule has 1 atom stereocenters. The van der Waals surface area contributed by atoms with Crippen molar-refractivity contribution >= 4 is 34.5 Å². The second kappa shape index (κ2) is 7.12. The van der Waals surface area contributed by atoms with E-state index in [9.17, 15) is 28.6 Å². The van der Waals surface area contributed by atoms with E-state index in [2.05, 4.69) is 0 Å². The van der Waals surface area contributed by atoms with Crippen molar-refractivity contribution < 1.29 is 33.3 Å². The zero-order chi connectivity index (χ0) is 17.9. The number of hydrogen-bond acceptors (Lipinski definition) is 5. The van der Waals surface area contributed by atoms with E-state index in [-0.39, 0.29) is 11.1 Å². The molecule has 0 aromatic heterocycles. The van der Waals surface area contributed by atoms with Gasteiger partial charge in [0.05, 0.1) is 0 Å². The quantitative estimate of drug-likeness (QED) is 0.562. The minimum Gasteiger partial charge on any atom is -0.544 e. The van der Waals surface area contributed by atoms with Crippen molar-refractivity contribution in [3.63, 3.8) is 0 Å². The van der Waals surface area contributed by atoms with Crippen molar-refractivity contribution in [2.45, 2.75) is 12.0 Å². The number of benzene rings is 2. The standard InChI is InChI=1S/C16H11F2IO5/c17-16(18,15(22)23)13(9-4-2-1-3-5-9)24-14(21)11-8-10(19)6-7-12(11)20/h1-8,13,20H,(H,22,23)/p-1. The summed E-state index contributed by atoms with van der Waals surface area (Å²) in [6.45, 7) is 0. The Morgan fingerprint density at radius 3 is 2.38 bits per heavy atom. The van der Waals surface area contributed by atoms with Crippen molar-refractivity contribution in [1.82, 2.24) is 0 Å². The summed E-state index contributed by atoms with van der Waals surface area (Å²) in [5.74, 6) is -8.87. The van der Waals surface area contributed by atoms with Gasteiger partial charge in [-0.25, -0.2) is 4.79 Å². The normalized spacial score (nSPS) is 12.5. The second-order valence-corrected chi connectivity index (χ2v) is 6.01. The number of ether oxygens (including phenoxy) is 1. The fourth-order valence-electron chi connectivity index (χ4n) is 1.93. The van der Waals surface area contributed by atoms with Crippen molar-refractivity contribution in [1.29, 1.82) is 0 Å². The van der Waals surface area contributed by atoms with Crippen LogP contribution >= 0.6 is 22.6 Å². The van der Waals surface area contributed by atoms with E-state index in [1.165, 1.54) is 48.5 Å². The molecule has 2 rings (SSSR count). The molecule has 8 heteroatoms. The van der Waals surface area contributed by atoms with Crippen LogP contribution in [0.4, 0.5) is 8.78 Å². The Morgan fingerprint density at radius 2 is 1.79 bits per heavy atom. The van der Waals surface area contributed by atoms with Crippen molar-refractivity contribution in [2.24, 2.45) is 0 Å². The first-order chi connectivity index (χ1) is 11.2. The number of rotatable bonds is 5. The molecule has 0 saturated carbocycles. The van der Waals surface area contributed by atoms with Crippen molar-refractivity contribution in [3.8, 4) is 5.75 Å². The van der Waals surface area contributed by atoms with Gasteiger partial charge in [-0.1, -0.05) is 30.3 Å². The first-order valence-corrected chi connectivity index (χ1v) is 7.65. The molecule has 24 heavy (non-hydrogen) atoms. The molecule has 0 aliphatic carbocycles. The molecule has 0 aliphatic rings. The van der Waals surface area contributed by atoms with Crippen LogP contribution in [-0.2, 0) is 9.53 Å². The van der Waals surface area contributed by atoms with Gasteiger partial charge in [0.25, 0.3) is 0 Å². The van der Waals surface area contributed by atoms with Crippen molar-refractivity contribution in [3.05, 3.63) is 63.2 Å². The lowest BCUT2D eigenvalue weighted by atomic mass is 10.0. The summed E-state index contributed by atoms with van der Waals surface area (Å²) in [6, 6.07) is 10.6. The summed E-state index contributed by atoms with van der Waals surface area (Å²) < 4.78 is 33.2. The number of phenolic OH excluding ortho intramolecular Hbond substituents is 1. The number of esters is 1. The van der Waals surface area contributed by atoms with Gasteiger partial charge in [-0.2, -0.15) is 8.78 Å². The molecule has 0 saturated heterocycles.